The smallest absolute Gasteiger partial charge is 0.270 e. The second kappa shape index (κ2) is 6.91. The molecule has 156 valence electrons. The fourth-order valence-corrected chi connectivity index (χ4v) is 4.97. The summed E-state index contributed by atoms with van der Waals surface area (Å²) in [4.78, 5) is 43.4. The van der Waals surface area contributed by atoms with Crippen LogP contribution in [0.25, 0.3) is 0 Å². The largest absolute Gasteiger partial charge is 0.354 e. The van der Waals surface area contributed by atoms with Crippen molar-refractivity contribution in [1.29, 1.82) is 0 Å². The third-order valence-electron chi connectivity index (χ3n) is 6.24. The fraction of sp³-hybridized carbons (Fsp3) is 0.208. The molecule has 2 atom stereocenters. The van der Waals surface area contributed by atoms with E-state index in [4.69, 9.17) is 0 Å². The van der Waals surface area contributed by atoms with Crippen LogP contribution in [-0.2, 0) is 10.2 Å². The number of rotatable bonds is 2. The Balaban J connectivity index is 1.68. The molecule has 1 spiro atoms. The van der Waals surface area contributed by atoms with Crippen molar-refractivity contribution < 1.29 is 14.0 Å². The summed E-state index contributed by atoms with van der Waals surface area (Å²) < 4.78 is 13.7. The van der Waals surface area contributed by atoms with Gasteiger partial charge < -0.3 is 15.2 Å². The van der Waals surface area contributed by atoms with Gasteiger partial charge in [0.05, 0.1) is 6.04 Å². The molecule has 0 unspecified atom stereocenters. The summed E-state index contributed by atoms with van der Waals surface area (Å²) in [5, 5.41) is 2.95. The highest BCUT2D eigenvalue weighted by Gasteiger charge is 2.59. The van der Waals surface area contributed by atoms with E-state index < -0.39 is 17.3 Å². The molecule has 2 amide bonds. The van der Waals surface area contributed by atoms with E-state index >= 15 is 0 Å². The summed E-state index contributed by atoms with van der Waals surface area (Å²) in [6, 6.07) is 15.4. The quantitative estimate of drug-likeness (QED) is 0.671. The summed E-state index contributed by atoms with van der Waals surface area (Å²) in [6.07, 6.45) is 0.416. The molecule has 0 radical (unpaired) electrons. The average Bonchev–Trinajstić information content (AvgIpc) is 3.27. The molecule has 2 N–H and O–H groups in total. The fourth-order valence-electron chi connectivity index (χ4n) is 4.97. The van der Waals surface area contributed by atoms with E-state index in [9.17, 15) is 18.8 Å². The number of carbonyl (C=O) groups is 2. The van der Waals surface area contributed by atoms with E-state index in [0.29, 0.717) is 24.2 Å². The predicted molar refractivity (Wildman–Crippen MR) is 113 cm³/mol. The topological polar surface area (TPSA) is 82.3 Å². The highest BCUT2D eigenvalue weighted by Crippen LogP contribution is 2.54. The minimum atomic E-state index is -0.992. The first-order valence-electron chi connectivity index (χ1n) is 10.1. The van der Waals surface area contributed by atoms with Gasteiger partial charge in [0.25, 0.3) is 5.91 Å². The van der Waals surface area contributed by atoms with E-state index in [0.717, 1.165) is 11.3 Å². The van der Waals surface area contributed by atoms with Gasteiger partial charge in [-0.05, 0) is 42.7 Å². The minimum Gasteiger partial charge on any atom is -0.354 e. The Labute approximate surface area is 177 Å². The maximum Gasteiger partial charge on any atom is 0.270 e. The van der Waals surface area contributed by atoms with Crippen molar-refractivity contribution in [3.05, 3.63) is 99.2 Å². The second-order valence-corrected chi connectivity index (χ2v) is 8.09. The normalized spacial score (nSPS) is 21.9. The number of hydrogen-bond donors (Lipinski definition) is 2. The Morgan fingerprint density at radius 1 is 1.10 bits per heavy atom. The van der Waals surface area contributed by atoms with E-state index in [2.05, 4.69) is 10.3 Å². The predicted octanol–water partition coefficient (Wildman–Crippen LogP) is 3.30. The number of hydrogen-bond acceptors (Lipinski definition) is 3. The number of carbonyl (C=O) groups excluding carboxylic acids is 2. The van der Waals surface area contributed by atoms with Gasteiger partial charge in [0.2, 0.25) is 5.91 Å². The highest BCUT2D eigenvalue weighted by molar-refractivity contribution is 6.08. The number of nitrogens with zero attached hydrogens (tertiary/aromatic N) is 1. The molecule has 2 aliphatic rings. The molecular formula is C24H20FN3O3. The maximum absolute atomic E-state index is 13.7. The van der Waals surface area contributed by atoms with E-state index in [1.54, 1.807) is 24.0 Å². The zero-order chi connectivity index (χ0) is 21.8. The lowest BCUT2D eigenvalue weighted by molar-refractivity contribution is -0.121. The molecule has 31 heavy (non-hydrogen) atoms. The molecule has 0 saturated carbocycles. The van der Waals surface area contributed by atoms with Gasteiger partial charge in [0.1, 0.15) is 16.9 Å². The van der Waals surface area contributed by atoms with Crippen LogP contribution in [0.1, 0.15) is 39.8 Å². The molecule has 1 saturated heterocycles. The number of benzene rings is 2. The zero-order valence-electron chi connectivity index (χ0n) is 16.8. The summed E-state index contributed by atoms with van der Waals surface area (Å²) in [6.45, 7) is 2.03. The molecule has 1 fully saturated rings. The SMILES string of the molecule is Cc1cc(=O)cc(C(=O)N2CC[C@]3(C(=O)Nc4ccccc43)[C@@H]2c2ccc(F)cc2)[nH]1. The van der Waals surface area contributed by atoms with E-state index in [1.165, 1.54) is 24.3 Å². The van der Waals surface area contributed by atoms with Crippen molar-refractivity contribution in [2.45, 2.75) is 24.8 Å². The first-order chi connectivity index (χ1) is 14.9. The minimum absolute atomic E-state index is 0.167. The molecule has 0 bridgehead atoms. The number of H-pyrrole nitrogens is 1. The monoisotopic (exact) mass is 417 g/mol. The molecule has 3 aromatic rings. The van der Waals surface area contributed by atoms with Crippen molar-refractivity contribution in [3.63, 3.8) is 0 Å². The zero-order valence-corrected chi connectivity index (χ0v) is 16.8. The van der Waals surface area contributed by atoms with Crippen LogP contribution in [0.15, 0.2) is 65.5 Å². The van der Waals surface area contributed by atoms with Gasteiger partial charge in [0.15, 0.2) is 5.43 Å². The molecule has 1 aromatic heterocycles. The summed E-state index contributed by atoms with van der Waals surface area (Å²) in [5.74, 6) is -0.951. The molecule has 5 rings (SSSR count). The first kappa shape index (κ1) is 19.2. The lowest BCUT2D eigenvalue weighted by Crippen LogP contribution is -2.43. The van der Waals surface area contributed by atoms with Crippen molar-refractivity contribution in [2.24, 2.45) is 0 Å². The first-order valence-corrected chi connectivity index (χ1v) is 10.1. The Bertz CT molecular complexity index is 1270. The number of para-hydroxylation sites is 1. The number of likely N-dealkylation sites (tertiary alicyclic amines) is 1. The Kier molecular flexibility index (Phi) is 4.28. The van der Waals surface area contributed by atoms with Gasteiger partial charge in [-0.15, -0.1) is 0 Å². The number of pyridine rings is 1. The number of aryl methyl sites for hydroxylation is 1. The van der Waals surface area contributed by atoms with Gasteiger partial charge in [-0.1, -0.05) is 30.3 Å². The summed E-state index contributed by atoms with van der Waals surface area (Å²) in [5.41, 5.74) is 1.69. The number of aromatic nitrogens is 1. The second-order valence-electron chi connectivity index (χ2n) is 8.09. The maximum atomic E-state index is 13.7. The van der Waals surface area contributed by atoms with Gasteiger partial charge >= 0.3 is 0 Å². The van der Waals surface area contributed by atoms with Gasteiger partial charge in [-0.2, -0.15) is 0 Å². The number of anilines is 1. The molecule has 3 heterocycles. The number of aromatic amines is 1. The van der Waals surface area contributed by atoms with Gasteiger partial charge in [-0.3, -0.25) is 14.4 Å². The van der Waals surface area contributed by atoms with Gasteiger partial charge in [0, 0.05) is 30.1 Å². The summed E-state index contributed by atoms with van der Waals surface area (Å²) in [7, 11) is 0. The number of halogens is 1. The van der Waals surface area contributed by atoms with Crippen LogP contribution in [0.2, 0.25) is 0 Å². The van der Waals surface area contributed by atoms with Crippen LogP contribution in [0.3, 0.4) is 0 Å². The highest BCUT2D eigenvalue weighted by atomic mass is 19.1. The number of amides is 2. The number of nitrogens with one attached hydrogen (secondary N) is 2. The Morgan fingerprint density at radius 2 is 1.84 bits per heavy atom. The Hall–Kier alpha value is -3.74. The standard InChI is InChI=1S/C24H20FN3O3/c1-14-12-17(29)13-20(26-14)22(30)28-11-10-24(21(28)15-6-8-16(25)9-7-15)18-4-2-3-5-19(18)27-23(24)31/h2-9,12-13,21H,10-11H2,1H3,(H,26,29)(H,27,31)/t21-,24+/m0/s1. The third kappa shape index (κ3) is 2.88. The van der Waals surface area contributed by atoms with Crippen molar-refractivity contribution in [3.8, 4) is 0 Å². The van der Waals surface area contributed by atoms with Crippen LogP contribution in [0.4, 0.5) is 10.1 Å². The molecule has 7 heteroatoms. The lowest BCUT2D eigenvalue weighted by Gasteiger charge is -2.34. The van der Waals surface area contributed by atoms with Gasteiger partial charge in [-0.25, -0.2) is 4.39 Å². The third-order valence-corrected chi connectivity index (χ3v) is 6.24. The molecule has 2 aliphatic heterocycles. The number of fused-ring (bicyclic) bond motifs is 2. The van der Waals surface area contributed by atoms with Crippen LogP contribution in [0.5, 0.6) is 0 Å². The van der Waals surface area contributed by atoms with E-state index in [-0.39, 0.29) is 22.9 Å². The van der Waals surface area contributed by atoms with Crippen LogP contribution < -0.4 is 10.7 Å². The molecular weight excluding hydrogens is 397 g/mol. The lowest BCUT2D eigenvalue weighted by atomic mass is 9.72. The van der Waals surface area contributed by atoms with Crippen LogP contribution in [-0.4, -0.2) is 28.2 Å². The van der Waals surface area contributed by atoms with Crippen LogP contribution >= 0.6 is 0 Å². The van der Waals surface area contributed by atoms with Crippen molar-refractivity contribution in [1.82, 2.24) is 9.88 Å². The summed E-state index contributed by atoms with van der Waals surface area (Å²) >= 11 is 0. The molecule has 6 nitrogen and oxygen atoms in total. The Morgan fingerprint density at radius 3 is 2.58 bits per heavy atom. The van der Waals surface area contributed by atoms with Crippen LogP contribution in [0, 0.1) is 12.7 Å². The molecule has 2 aromatic carbocycles. The average molecular weight is 417 g/mol. The van der Waals surface area contributed by atoms with Crippen molar-refractivity contribution in [2.75, 3.05) is 11.9 Å². The van der Waals surface area contributed by atoms with E-state index in [1.807, 2.05) is 24.3 Å². The van der Waals surface area contributed by atoms with Crippen molar-refractivity contribution >= 4 is 17.5 Å². The molecule has 0 aliphatic carbocycles.